The summed E-state index contributed by atoms with van der Waals surface area (Å²) in [5.41, 5.74) is 5.11. The molecule has 2 aliphatic carbocycles. The molecule has 0 bridgehead atoms. The number of benzene rings is 4. The lowest BCUT2D eigenvalue weighted by atomic mass is 9.55. The predicted molar refractivity (Wildman–Crippen MR) is 245 cm³/mol. The van der Waals surface area contributed by atoms with Gasteiger partial charge in [0.05, 0.1) is 29.9 Å². The van der Waals surface area contributed by atoms with Gasteiger partial charge in [0.1, 0.15) is 30.8 Å². The molecule has 1 amide bonds. The fraction of sp³-hybridized carbons (Fsp3) is 0.377. The van der Waals surface area contributed by atoms with Crippen LogP contribution in [0.25, 0.3) is 0 Å². The van der Waals surface area contributed by atoms with Crippen molar-refractivity contribution in [1.82, 2.24) is 4.90 Å². The lowest BCUT2D eigenvalue weighted by Gasteiger charge is -2.60. The summed E-state index contributed by atoms with van der Waals surface area (Å²) in [6.45, 7) is 8.99. The summed E-state index contributed by atoms with van der Waals surface area (Å²) in [6.07, 6.45) is 10.4. The first-order valence-corrected chi connectivity index (χ1v) is 22.6. The Morgan fingerprint density at radius 3 is 2.38 bits per heavy atom. The number of rotatable bonds is 21. The van der Waals surface area contributed by atoms with E-state index >= 15 is 4.79 Å². The normalized spacial score (nSPS) is 22.9. The highest BCUT2D eigenvalue weighted by atomic mass is 16.7. The van der Waals surface area contributed by atoms with Gasteiger partial charge in [-0.1, -0.05) is 79.2 Å². The molecule has 4 aromatic carbocycles. The number of carbonyl (C=O) groups excluding carboxylic acids is 1. The minimum Gasteiger partial charge on any atom is -0.490 e. The quantitative estimate of drug-likeness (QED) is 0.0471. The third-order valence-electron chi connectivity index (χ3n) is 12.9. The van der Waals surface area contributed by atoms with Crippen LogP contribution < -0.4 is 18.9 Å². The Labute approximate surface area is 381 Å². The van der Waals surface area contributed by atoms with Crippen LogP contribution in [0.5, 0.6) is 23.0 Å². The zero-order valence-electron chi connectivity index (χ0n) is 36.7. The first kappa shape index (κ1) is 45.2. The van der Waals surface area contributed by atoms with Gasteiger partial charge in [0.15, 0.2) is 11.5 Å². The predicted octanol–water partition coefficient (Wildman–Crippen LogP) is 9.03. The van der Waals surface area contributed by atoms with Crippen LogP contribution in [0.15, 0.2) is 133 Å². The van der Waals surface area contributed by atoms with Crippen LogP contribution in [0.2, 0.25) is 0 Å². The molecule has 4 aromatic rings. The Bertz CT molecular complexity index is 2410. The molecule has 12 nitrogen and oxygen atoms in total. The SMILES string of the molecule is C=CCOc1ccc2c(c1)[C@H]1[C@H](CCCCO)[C@@H](CCCCO)C=C3C(=NOCc4ccccc4)C[C@H](N(Cc4ccc5c(c4)OCO5)C(=O)c4ccc(C#N)cc4)[C@@](OCC=C)(O2)[C@H]31. The van der Waals surface area contributed by atoms with Gasteiger partial charge in [-0.25, -0.2) is 0 Å². The smallest absolute Gasteiger partial charge is 0.254 e. The van der Waals surface area contributed by atoms with Gasteiger partial charge in [0.25, 0.3) is 5.91 Å². The Morgan fingerprint density at radius 1 is 0.877 bits per heavy atom. The maximum atomic E-state index is 15.5. The molecule has 65 heavy (non-hydrogen) atoms. The molecule has 12 heteroatoms. The zero-order chi connectivity index (χ0) is 45.2. The van der Waals surface area contributed by atoms with Crippen LogP contribution in [0.1, 0.15) is 83.5 Å². The number of nitriles is 1. The monoisotopic (exact) mass is 879 g/mol. The largest absolute Gasteiger partial charge is 0.490 e. The van der Waals surface area contributed by atoms with Crippen molar-refractivity contribution in [3.8, 4) is 29.1 Å². The minimum absolute atomic E-state index is 0.0276. The van der Waals surface area contributed by atoms with E-state index in [1.54, 1.807) is 36.4 Å². The fourth-order valence-electron chi connectivity index (χ4n) is 10.1. The third kappa shape index (κ3) is 9.69. The average Bonchev–Trinajstić information content (AvgIpc) is 3.82. The molecule has 0 unspecified atom stereocenters. The van der Waals surface area contributed by atoms with Crippen molar-refractivity contribution in [3.05, 3.63) is 156 Å². The van der Waals surface area contributed by atoms with Gasteiger partial charge < -0.3 is 43.6 Å². The number of hydrogen-bond donors (Lipinski definition) is 2. The number of oxime groups is 1. The zero-order valence-corrected chi connectivity index (χ0v) is 36.7. The number of carbonyl (C=O) groups is 1. The van der Waals surface area contributed by atoms with Crippen molar-refractivity contribution in [3.63, 3.8) is 0 Å². The first-order valence-electron chi connectivity index (χ1n) is 22.6. The van der Waals surface area contributed by atoms with Crippen LogP contribution in [-0.2, 0) is 22.7 Å². The number of ether oxygens (including phenoxy) is 5. The summed E-state index contributed by atoms with van der Waals surface area (Å²) in [6, 6.07) is 29.4. The molecular weight excluding hydrogens is 823 g/mol. The van der Waals surface area contributed by atoms with Gasteiger partial charge in [-0.3, -0.25) is 4.79 Å². The van der Waals surface area contributed by atoms with E-state index in [2.05, 4.69) is 31.4 Å². The molecule has 8 rings (SSSR count). The molecule has 6 atom stereocenters. The second-order valence-electron chi connectivity index (χ2n) is 16.9. The number of fused-ring (bicyclic) bond motifs is 3. The molecule has 2 heterocycles. The summed E-state index contributed by atoms with van der Waals surface area (Å²) < 4.78 is 32.3. The minimum atomic E-state index is -1.50. The molecule has 4 aliphatic rings. The van der Waals surface area contributed by atoms with Gasteiger partial charge in [-0.15, -0.1) is 6.58 Å². The number of hydrogen-bond acceptors (Lipinski definition) is 11. The number of amides is 1. The van der Waals surface area contributed by atoms with Crippen LogP contribution in [0.4, 0.5) is 0 Å². The van der Waals surface area contributed by atoms with E-state index < -0.39 is 17.7 Å². The molecule has 338 valence electrons. The van der Waals surface area contributed by atoms with Gasteiger partial charge in [0, 0.05) is 43.2 Å². The highest BCUT2D eigenvalue weighted by Crippen LogP contribution is 2.62. The lowest BCUT2D eigenvalue weighted by molar-refractivity contribution is -0.255. The number of unbranched alkanes of at least 4 members (excludes halogenated alkanes) is 2. The Hall–Kier alpha value is -6.39. The molecule has 0 aromatic heterocycles. The van der Waals surface area contributed by atoms with Crippen molar-refractivity contribution >= 4 is 11.6 Å². The standard InChI is InChI=1S/C53H57N3O9/c1-3-26-60-41-21-23-46-44(30-41)50-42(15-9-11-25-58)40(14-8-10-24-57)29-43-45(55-64-34-37-12-6-5-7-13-37)31-49(53(65-46,51(43)50)63-27-4-2)56(52(59)39-19-16-36(32-54)17-20-39)33-38-18-22-47-48(28-38)62-35-61-47/h3-7,12-13,16-23,28-30,40,42,49-51,57-58H,1-2,8-11,14-15,24-27,31,33-35H2/t40-,42+,49-,50+,51+,53+/m0/s1. The van der Waals surface area contributed by atoms with E-state index in [1.807, 2.05) is 65.6 Å². The van der Waals surface area contributed by atoms with Gasteiger partial charge in [-0.2, -0.15) is 5.26 Å². The topological polar surface area (TPSA) is 152 Å². The summed E-state index contributed by atoms with van der Waals surface area (Å²) in [5, 5.41) is 34.6. The highest BCUT2D eigenvalue weighted by Gasteiger charge is 2.65. The van der Waals surface area contributed by atoms with E-state index in [4.69, 9.17) is 33.7 Å². The second kappa shape index (κ2) is 21.1. The summed E-state index contributed by atoms with van der Waals surface area (Å²) in [5.74, 6) is 0.00557. The van der Waals surface area contributed by atoms with E-state index in [0.717, 1.165) is 47.9 Å². The van der Waals surface area contributed by atoms with Crippen molar-refractivity contribution in [2.24, 2.45) is 22.9 Å². The van der Waals surface area contributed by atoms with E-state index in [1.165, 1.54) is 0 Å². The van der Waals surface area contributed by atoms with Crippen molar-refractivity contribution in [2.45, 2.75) is 75.8 Å². The summed E-state index contributed by atoms with van der Waals surface area (Å²) >= 11 is 0. The molecule has 0 saturated heterocycles. The van der Waals surface area contributed by atoms with E-state index in [9.17, 15) is 15.5 Å². The van der Waals surface area contributed by atoms with Gasteiger partial charge in [-0.05, 0) is 109 Å². The Balaban J connectivity index is 1.36. The second-order valence-corrected chi connectivity index (χ2v) is 16.9. The van der Waals surface area contributed by atoms with Crippen LogP contribution >= 0.6 is 0 Å². The molecule has 2 aliphatic heterocycles. The van der Waals surface area contributed by atoms with Crippen molar-refractivity contribution in [1.29, 1.82) is 5.26 Å². The van der Waals surface area contributed by atoms with E-state index in [-0.39, 0.29) is 69.8 Å². The number of aliphatic hydroxyl groups excluding tert-OH is 2. The van der Waals surface area contributed by atoms with Gasteiger partial charge in [0.2, 0.25) is 12.6 Å². The molecule has 1 fully saturated rings. The third-order valence-corrected chi connectivity index (χ3v) is 12.9. The summed E-state index contributed by atoms with van der Waals surface area (Å²) in [4.78, 5) is 23.5. The Morgan fingerprint density at radius 2 is 1.63 bits per heavy atom. The molecule has 0 spiro atoms. The number of allylic oxidation sites excluding steroid dienone is 1. The first-order chi connectivity index (χ1) is 31.9. The number of aliphatic hydroxyl groups is 2. The maximum absolute atomic E-state index is 15.5. The average molecular weight is 880 g/mol. The molecule has 2 N–H and O–H groups in total. The van der Waals surface area contributed by atoms with Crippen molar-refractivity contribution < 1.29 is 43.5 Å². The fourth-order valence-corrected chi connectivity index (χ4v) is 10.1. The van der Waals surface area contributed by atoms with E-state index in [0.29, 0.717) is 59.3 Å². The van der Waals surface area contributed by atoms with Crippen LogP contribution in [0, 0.1) is 29.1 Å². The Kier molecular flexibility index (Phi) is 14.6. The molecular formula is C53H57N3O9. The van der Waals surface area contributed by atoms with Gasteiger partial charge >= 0.3 is 0 Å². The molecule has 1 saturated carbocycles. The lowest BCUT2D eigenvalue weighted by Crippen LogP contribution is -2.70. The van der Waals surface area contributed by atoms with Crippen molar-refractivity contribution in [2.75, 3.05) is 33.2 Å². The number of nitrogens with zero attached hydrogens (tertiary/aromatic N) is 3. The van der Waals surface area contributed by atoms with Crippen LogP contribution in [-0.4, -0.2) is 71.8 Å². The molecule has 0 radical (unpaired) electrons. The van der Waals surface area contributed by atoms with Crippen LogP contribution in [0.3, 0.4) is 0 Å². The summed E-state index contributed by atoms with van der Waals surface area (Å²) in [7, 11) is 0. The highest BCUT2D eigenvalue weighted by molar-refractivity contribution is 6.03. The maximum Gasteiger partial charge on any atom is 0.254 e.